The van der Waals surface area contributed by atoms with E-state index in [9.17, 15) is 4.39 Å². The topological polar surface area (TPSA) is 38.2 Å². The minimum atomic E-state index is -0.281. The van der Waals surface area contributed by atoms with E-state index in [0.717, 1.165) is 23.6 Å². The van der Waals surface area contributed by atoms with E-state index in [1.165, 1.54) is 19.0 Å². The largest absolute Gasteiger partial charge is 0.481 e. The lowest BCUT2D eigenvalue weighted by molar-refractivity contribution is 0.238. The van der Waals surface area contributed by atoms with Crippen LogP contribution in [-0.2, 0) is 6.42 Å². The van der Waals surface area contributed by atoms with Gasteiger partial charge in [-0.3, -0.25) is 4.98 Å². The zero-order valence-electron chi connectivity index (χ0n) is 12.6. The second kappa shape index (κ2) is 7.04. The Morgan fingerprint density at radius 2 is 2.14 bits per heavy atom. The van der Waals surface area contributed by atoms with Crippen molar-refractivity contribution >= 4 is 33.6 Å². The summed E-state index contributed by atoms with van der Waals surface area (Å²) in [5.41, 5.74) is 1.96. The van der Waals surface area contributed by atoms with E-state index in [2.05, 4.69) is 37.5 Å². The SMILES string of the molecule is COc1ccc2ncc(F)c(CCN3CCC(I)CC3)c2n1. The van der Waals surface area contributed by atoms with Crippen molar-refractivity contribution in [3.63, 3.8) is 0 Å². The Hall–Kier alpha value is -1.02. The molecule has 0 bridgehead atoms. The van der Waals surface area contributed by atoms with E-state index in [4.69, 9.17) is 4.74 Å². The van der Waals surface area contributed by atoms with Gasteiger partial charge in [-0.25, -0.2) is 9.37 Å². The first-order valence-corrected chi connectivity index (χ1v) is 8.76. The van der Waals surface area contributed by atoms with Crippen molar-refractivity contribution in [3.8, 4) is 5.88 Å². The first-order chi connectivity index (χ1) is 10.7. The third kappa shape index (κ3) is 3.48. The van der Waals surface area contributed by atoms with Crippen LogP contribution >= 0.6 is 22.6 Å². The van der Waals surface area contributed by atoms with Gasteiger partial charge < -0.3 is 9.64 Å². The zero-order chi connectivity index (χ0) is 15.5. The number of ether oxygens (including phenoxy) is 1. The Labute approximate surface area is 143 Å². The molecule has 0 unspecified atom stereocenters. The molecule has 2 aromatic heterocycles. The van der Waals surface area contributed by atoms with Crippen LogP contribution in [0.1, 0.15) is 18.4 Å². The van der Waals surface area contributed by atoms with Gasteiger partial charge in [-0.2, -0.15) is 0 Å². The van der Waals surface area contributed by atoms with Gasteiger partial charge in [0.25, 0.3) is 0 Å². The number of hydrogen-bond acceptors (Lipinski definition) is 4. The second-order valence-electron chi connectivity index (χ2n) is 5.57. The summed E-state index contributed by atoms with van der Waals surface area (Å²) in [4.78, 5) is 10.9. The molecular weight excluding hydrogens is 396 g/mol. The molecule has 118 valence electrons. The molecule has 0 amide bonds. The van der Waals surface area contributed by atoms with E-state index in [1.807, 2.05) is 6.07 Å². The average Bonchev–Trinajstić information content (AvgIpc) is 2.55. The van der Waals surface area contributed by atoms with Crippen LogP contribution in [0.15, 0.2) is 18.3 Å². The number of likely N-dealkylation sites (tertiary alicyclic amines) is 1. The van der Waals surface area contributed by atoms with Gasteiger partial charge in [-0.15, -0.1) is 0 Å². The molecule has 2 aromatic rings. The van der Waals surface area contributed by atoms with Crippen molar-refractivity contribution in [2.45, 2.75) is 23.2 Å². The molecule has 3 rings (SSSR count). The predicted octanol–water partition coefficient (Wildman–Crippen LogP) is 3.22. The number of piperidine rings is 1. The quantitative estimate of drug-likeness (QED) is 0.568. The van der Waals surface area contributed by atoms with E-state index in [0.29, 0.717) is 28.9 Å². The van der Waals surface area contributed by atoms with Crippen molar-refractivity contribution in [3.05, 3.63) is 29.7 Å². The van der Waals surface area contributed by atoms with Crippen LogP contribution < -0.4 is 4.74 Å². The third-order valence-electron chi connectivity index (χ3n) is 4.14. The zero-order valence-corrected chi connectivity index (χ0v) is 14.7. The maximum Gasteiger partial charge on any atom is 0.213 e. The maximum atomic E-state index is 14.2. The fraction of sp³-hybridized carbons (Fsp3) is 0.500. The molecule has 4 nitrogen and oxygen atoms in total. The van der Waals surface area contributed by atoms with Gasteiger partial charge in [0.05, 0.1) is 24.3 Å². The summed E-state index contributed by atoms with van der Waals surface area (Å²) < 4.78 is 20.1. The fourth-order valence-electron chi connectivity index (χ4n) is 2.82. The monoisotopic (exact) mass is 415 g/mol. The Bertz CT molecular complexity index is 659. The molecule has 0 atom stereocenters. The molecule has 0 spiro atoms. The smallest absolute Gasteiger partial charge is 0.213 e. The Morgan fingerprint density at radius 3 is 2.86 bits per heavy atom. The van der Waals surface area contributed by atoms with E-state index in [-0.39, 0.29) is 5.82 Å². The Balaban J connectivity index is 1.81. The van der Waals surface area contributed by atoms with Crippen LogP contribution in [0.4, 0.5) is 4.39 Å². The molecule has 1 saturated heterocycles. The Kier molecular flexibility index (Phi) is 5.07. The van der Waals surface area contributed by atoms with Crippen molar-refractivity contribution in [1.29, 1.82) is 0 Å². The summed E-state index contributed by atoms with van der Waals surface area (Å²) in [6.45, 7) is 3.04. The standard InChI is InChI=1S/C16H19FIN3O/c1-22-15-3-2-14-16(20-15)12(13(17)10-19-14)6-9-21-7-4-11(18)5-8-21/h2-3,10-11H,4-9H2,1H3. The number of aromatic nitrogens is 2. The minimum Gasteiger partial charge on any atom is -0.481 e. The molecule has 1 fully saturated rings. The molecule has 0 radical (unpaired) electrons. The predicted molar refractivity (Wildman–Crippen MR) is 93.2 cm³/mol. The molecule has 3 heterocycles. The van der Waals surface area contributed by atoms with Crippen LogP contribution in [0.5, 0.6) is 5.88 Å². The summed E-state index contributed by atoms with van der Waals surface area (Å²) in [6, 6.07) is 3.58. The van der Waals surface area contributed by atoms with Crippen molar-refractivity contribution in [1.82, 2.24) is 14.9 Å². The first kappa shape index (κ1) is 15.9. The molecule has 1 aliphatic heterocycles. The number of fused-ring (bicyclic) bond motifs is 1. The lowest BCUT2D eigenvalue weighted by Gasteiger charge is -2.29. The van der Waals surface area contributed by atoms with Gasteiger partial charge in [0, 0.05) is 22.1 Å². The third-order valence-corrected chi connectivity index (χ3v) is 5.39. The van der Waals surface area contributed by atoms with Crippen LogP contribution in [-0.4, -0.2) is 45.5 Å². The molecule has 6 heteroatoms. The number of rotatable bonds is 4. The molecule has 22 heavy (non-hydrogen) atoms. The highest BCUT2D eigenvalue weighted by atomic mass is 127. The summed E-state index contributed by atoms with van der Waals surface area (Å²) >= 11 is 2.51. The molecule has 0 aromatic carbocycles. The minimum absolute atomic E-state index is 0.281. The van der Waals surface area contributed by atoms with Crippen molar-refractivity contribution < 1.29 is 9.13 Å². The highest BCUT2D eigenvalue weighted by Gasteiger charge is 2.18. The van der Waals surface area contributed by atoms with Crippen LogP contribution in [0.25, 0.3) is 11.0 Å². The summed E-state index contributed by atoms with van der Waals surface area (Å²) in [5.74, 6) is 0.212. The number of hydrogen-bond donors (Lipinski definition) is 0. The summed E-state index contributed by atoms with van der Waals surface area (Å²) in [5, 5.41) is 0. The Morgan fingerprint density at radius 1 is 1.36 bits per heavy atom. The van der Waals surface area contributed by atoms with Gasteiger partial charge in [0.2, 0.25) is 5.88 Å². The second-order valence-corrected chi connectivity index (χ2v) is 7.33. The molecule has 0 N–H and O–H groups in total. The molecule has 1 aliphatic rings. The number of nitrogens with zero attached hydrogens (tertiary/aromatic N) is 3. The van der Waals surface area contributed by atoms with E-state index < -0.39 is 0 Å². The first-order valence-electron chi connectivity index (χ1n) is 7.52. The molecule has 0 saturated carbocycles. The van der Waals surface area contributed by atoms with E-state index >= 15 is 0 Å². The molecular formula is C16H19FIN3O. The van der Waals surface area contributed by atoms with E-state index in [1.54, 1.807) is 13.2 Å². The highest BCUT2D eigenvalue weighted by Crippen LogP contribution is 2.23. The lowest BCUT2D eigenvalue weighted by atomic mass is 10.1. The number of pyridine rings is 2. The summed E-state index contributed by atoms with van der Waals surface area (Å²) in [7, 11) is 1.56. The van der Waals surface area contributed by atoms with Crippen LogP contribution in [0, 0.1) is 5.82 Å². The van der Waals surface area contributed by atoms with Crippen molar-refractivity contribution in [2.24, 2.45) is 0 Å². The van der Waals surface area contributed by atoms with Gasteiger partial charge in [0.15, 0.2) is 0 Å². The average molecular weight is 415 g/mol. The van der Waals surface area contributed by atoms with Gasteiger partial charge in [-0.1, -0.05) is 22.6 Å². The van der Waals surface area contributed by atoms with Crippen molar-refractivity contribution in [2.75, 3.05) is 26.7 Å². The normalized spacial score (nSPS) is 17.0. The molecule has 0 aliphatic carbocycles. The van der Waals surface area contributed by atoms with Crippen LogP contribution in [0.3, 0.4) is 0 Å². The maximum absolute atomic E-state index is 14.2. The lowest BCUT2D eigenvalue weighted by Crippen LogP contribution is -2.35. The van der Waals surface area contributed by atoms with Gasteiger partial charge in [0.1, 0.15) is 5.82 Å². The number of alkyl halides is 1. The van der Waals surface area contributed by atoms with Gasteiger partial charge >= 0.3 is 0 Å². The van der Waals surface area contributed by atoms with Gasteiger partial charge in [-0.05, 0) is 38.4 Å². The fourth-order valence-corrected chi connectivity index (χ4v) is 3.38. The summed E-state index contributed by atoms with van der Waals surface area (Å²) in [6.07, 6.45) is 4.37. The highest BCUT2D eigenvalue weighted by molar-refractivity contribution is 14.1. The number of methoxy groups -OCH3 is 1. The van der Waals surface area contributed by atoms with Crippen LogP contribution in [0.2, 0.25) is 0 Å². The number of halogens is 2.